The largest absolute Gasteiger partial charge is 0.495 e. The van der Waals surface area contributed by atoms with Crippen molar-refractivity contribution >= 4 is 23.6 Å². The topological polar surface area (TPSA) is 55.8 Å². The first kappa shape index (κ1) is 21.3. The Hall–Kier alpha value is -2.37. The van der Waals surface area contributed by atoms with Gasteiger partial charge in [0.25, 0.3) is 0 Å². The smallest absolute Gasteiger partial charge is 0.309 e. The van der Waals surface area contributed by atoms with Crippen LogP contribution in [0.5, 0.6) is 5.75 Å². The number of aliphatic hydroxyl groups excluding tert-OH is 1. The fraction of sp³-hybridized carbons (Fsp3) is 0.348. The number of hydrogen-bond acceptors (Lipinski definition) is 4. The van der Waals surface area contributed by atoms with Gasteiger partial charge in [-0.15, -0.1) is 0 Å². The standard InChI is InChI=1S/C23H24ClFO4/c1-13(2)19-12-20(24)23(28-3)22(14-4-6-15(25)7-5-14)18(19)9-8-17-10-16(26)11-21(27)29-17/h4-9,12-13,16-17,26H,10-11H2,1-3H3/b9-8+. The lowest BCUT2D eigenvalue weighted by Crippen LogP contribution is -2.31. The Balaban J connectivity index is 2.16. The Morgan fingerprint density at radius 2 is 2.00 bits per heavy atom. The highest BCUT2D eigenvalue weighted by Crippen LogP contribution is 2.43. The van der Waals surface area contributed by atoms with Crippen LogP contribution in [0.1, 0.15) is 43.7 Å². The molecule has 1 N–H and O–H groups in total. The molecule has 0 aliphatic carbocycles. The predicted molar refractivity (Wildman–Crippen MR) is 112 cm³/mol. The maximum atomic E-state index is 13.5. The molecule has 154 valence electrons. The van der Waals surface area contributed by atoms with Gasteiger partial charge in [-0.1, -0.05) is 43.7 Å². The highest BCUT2D eigenvalue weighted by molar-refractivity contribution is 6.32. The molecule has 1 fully saturated rings. The molecule has 1 heterocycles. The molecular formula is C23H24ClFO4. The monoisotopic (exact) mass is 418 g/mol. The van der Waals surface area contributed by atoms with Crippen molar-refractivity contribution < 1.29 is 23.8 Å². The summed E-state index contributed by atoms with van der Waals surface area (Å²) in [6.07, 6.45) is 2.75. The van der Waals surface area contributed by atoms with Gasteiger partial charge in [0, 0.05) is 12.0 Å². The first-order chi connectivity index (χ1) is 13.8. The molecule has 6 heteroatoms. The normalized spacial score (nSPS) is 19.6. The minimum absolute atomic E-state index is 0.0111. The number of carbonyl (C=O) groups is 1. The number of carbonyl (C=O) groups excluding carboxylic acids is 1. The van der Waals surface area contributed by atoms with E-state index in [-0.39, 0.29) is 18.2 Å². The summed E-state index contributed by atoms with van der Waals surface area (Å²) in [6.45, 7) is 4.10. The van der Waals surface area contributed by atoms with Crippen molar-refractivity contribution in [2.45, 2.75) is 44.8 Å². The highest BCUT2D eigenvalue weighted by atomic mass is 35.5. The first-order valence-corrected chi connectivity index (χ1v) is 9.90. The predicted octanol–water partition coefficient (Wildman–Crippen LogP) is 5.36. The van der Waals surface area contributed by atoms with Gasteiger partial charge in [0.05, 0.1) is 24.7 Å². The number of halogens is 2. The molecule has 0 saturated carbocycles. The molecule has 4 nitrogen and oxygen atoms in total. The summed E-state index contributed by atoms with van der Waals surface area (Å²) in [6, 6.07) is 7.99. The van der Waals surface area contributed by atoms with E-state index in [1.54, 1.807) is 18.2 Å². The second-order valence-corrected chi connectivity index (χ2v) is 7.82. The van der Waals surface area contributed by atoms with E-state index < -0.39 is 18.2 Å². The van der Waals surface area contributed by atoms with Gasteiger partial charge in [0.2, 0.25) is 0 Å². The zero-order valence-corrected chi connectivity index (χ0v) is 17.4. The first-order valence-electron chi connectivity index (χ1n) is 9.52. The van der Waals surface area contributed by atoms with E-state index in [0.717, 1.165) is 22.3 Å². The van der Waals surface area contributed by atoms with Gasteiger partial charge in [-0.25, -0.2) is 4.39 Å². The van der Waals surface area contributed by atoms with Gasteiger partial charge >= 0.3 is 5.97 Å². The van der Waals surface area contributed by atoms with Crippen molar-refractivity contribution in [1.29, 1.82) is 0 Å². The third-order valence-electron chi connectivity index (χ3n) is 4.93. The van der Waals surface area contributed by atoms with Gasteiger partial charge in [-0.05, 0) is 46.9 Å². The van der Waals surface area contributed by atoms with Crippen molar-refractivity contribution in [2.24, 2.45) is 0 Å². The number of cyclic esters (lactones) is 1. The van der Waals surface area contributed by atoms with Crippen LogP contribution in [0.15, 0.2) is 36.4 Å². The summed E-state index contributed by atoms with van der Waals surface area (Å²) in [5.41, 5.74) is 3.33. The summed E-state index contributed by atoms with van der Waals surface area (Å²) >= 11 is 6.49. The van der Waals surface area contributed by atoms with Crippen molar-refractivity contribution in [3.05, 3.63) is 58.4 Å². The summed E-state index contributed by atoms with van der Waals surface area (Å²) in [5.74, 6) is -0.117. The van der Waals surface area contributed by atoms with Crippen LogP contribution in [0.25, 0.3) is 17.2 Å². The summed E-state index contributed by atoms with van der Waals surface area (Å²) in [4.78, 5) is 11.6. The summed E-state index contributed by atoms with van der Waals surface area (Å²) in [7, 11) is 1.54. The van der Waals surface area contributed by atoms with Crippen LogP contribution in [0.2, 0.25) is 5.02 Å². The molecule has 1 aliphatic heterocycles. The third-order valence-corrected chi connectivity index (χ3v) is 5.21. The van der Waals surface area contributed by atoms with E-state index in [9.17, 15) is 14.3 Å². The van der Waals surface area contributed by atoms with E-state index in [1.807, 2.05) is 26.0 Å². The molecule has 2 aromatic rings. The van der Waals surface area contributed by atoms with Crippen LogP contribution in [0.3, 0.4) is 0 Å². The number of aliphatic hydroxyl groups is 1. The highest BCUT2D eigenvalue weighted by Gasteiger charge is 2.26. The SMILES string of the molecule is COc1c(Cl)cc(C(C)C)c(/C=C/C2CC(O)CC(=O)O2)c1-c1ccc(F)cc1. The molecule has 2 unspecified atom stereocenters. The fourth-order valence-electron chi connectivity index (χ4n) is 3.56. The second-order valence-electron chi connectivity index (χ2n) is 7.41. The van der Waals surface area contributed by atoms with Crippen molar-refractivity contribution in [3.8, 4) is 16.9 Å². The van der Waals surface area contributed by atoms with Crippen LogP contribution in [0.4, 0.5) is 4.39 Å². The molecule has 1 saturated heterocycles. The van der Waals surface area contributed by atoms with Crippen LogP contribution >= 0.6 is 11.6 Å². The summed E-state index contributed by atoms with van der Waals surface area (Å²) in [5, 5.41) is 10.3. The van der Waals surface area contributed by atoms with Gasteiger partial charge < -0.3 is 14.6 Å². The molecule has 0 aromatic heterocycles. The lowest BCUT2D eigenvalue weighted by atomic mass is 9.88. The average Bonchev–Trinajstić information content (AvgIpc) is 2.66. The van der Waals surface area contributed by atoms with Crippen molar-refractivity contribution in [3.63, 3.8) is 0 Å². The Labute approximate surface area is 174 Å². The number of rotatable bonds is 5. The Morgan fingerprint density at radius 3 is 2.59 bits per heavy atom. The van der Waals surface area contributed by atoms with Gasteiger partial charge in [0.1, 0.15) is 17.7 Å². The number of methoxy groups -OCH3 is 1. The molecule has 0 amide bonds. The third kappa shape index (κ3) is 4.80. The second kappa shape index (κ2) is 8.97. The molecule has 2 aromatic carbocycles. The Kier molecular flexibility index (Phi) is 6.60. The van der Waals surface area contributed by atoms with E-state index in [4.69, 9.17) is 21.1 Å². The maximum absolute atomic E-state index is 13.5. The molecule has 0 spiro atoms. The van der Waals surface area contributed by atoms with E-state index in [2.05, 4.69) is 0 Å². The summed E-state index contributed by atoms with van der Waals surface area (Å²) < 4.78 is 24.4. The van der Waals surface area contributed by atoms with Crippen LogP contribution in [-0.4, -0.2) is 30.4 Å². The van der Waals surface area contributed by atoms with E-state index >= 15 is 0 Å². The fourth-order valence-corrected chi connectivity index (χ4v) is 3.85. The van der Waals surface area contributed by atoms with Crippen molar-refractivity contribution in [1.82, 2.24) is 0 Å². The van der Waals surface area contributed by atoms with Crippen LogP contribution in [0, 0.1) is 5.82 Å². The zero-order chi connectivity index (χ0) is 21.1. The molecular weight excluding hydrogens is 395 g/mol. The molecule has 29 heavy (non-hydrogen) atoms. The quantitative estimate of drug-likeness (QED) is 0.664. The van der Waals surface area contributed by atoms with Gasteiger partial charge in [-0.3, -0.25) is 4.79 Å². The average molecular weight is 419 g/mol. The number of ether oxygens (including phenoxy) is 2. The van der Waals surface area contributed by atoms with Crippen LogP contribution < -0.4 is 4.74 Å². The van der Waals surface area contributed by atoms with E-state index in [1.165, 1.54) is 19.2 Å². The molecule has 0 bridgehead atoms. The minimum Gasteiger partial charge on any atom is -0.495 e. The molecule has 2 atom stereocenters. The lowest BCUT2D eigenvalue weighted by molar-refractivity contribution is -0.156. The minimum atomic E-state index is -0.716. The Morgan fingerprint density at radius 1 is 1.31 bits per heavy atom. The zero-order valence-electron chi connectivity index (χ0n) is 16.6. The number of esters is 1. The molecule has 1 aliphatic rings. The van der Waals surface area contributed by atoms with E-state index in [0.29, 0.717) is 17.2 Å². The molecule has 3 rings (SSSR count). The number of benzene rings is 2. The van der Waals surface area contributed by atoms with Gasteiger partial charge in [-0.2, -0.15) is 0 Å². The Bertz CT molecular complexity index is 921. The van der Waals surface area contributed by atoms with Gasteiger partial charge in [0.15, 0.2) is 0 Å². The lowest BCUT2D eigenvalue weighted by Gasteiger charge is -2.24. The molecule has 0 radical (unpaired) electrons. The van der Waals surface area contributed by atoms with Crippen LogP contribution in [-0.2, 0) is 9.53 Å². The maximum Gasteiger partial charge on any atom is 0.309 e. The number of hydrogen-bond donors (Lipinski definition) is 1. The van der Waals surface area contributed by atoms with Crippen molar-refractivity contribution in [2.75, 3.05) is 7.11 Å².